The molecule has 0 spiro atoms. The van der Waals surface area contributed by atoms with Gasteiger partial charge >= 0.3 is 0 Å². The van der Waals surface area contributed by atoms with Gasteiger partial charge in [-0.25, -0.2) is 9.97 Å². The molecule has 136 valence electrons. The molecule has 1 aliphatic rings. The Morgan fingerprint density at radius 2 is 1.59 bits per heavy atom. The standard InChI is InChI=1S/C19H17N5O3/c25-18(15-12-20-6-7-21-15)23-8-10-24(11-9-23)19(26)16-17(27-13-22-16)14-4-2-1-3-5-14/h1-7,12-13H,8-11H2. The SMILES string of the molecule is O=C(c1cnccn1)N1CCN(C(=O)c2ncoc2-c2ccccc2)CC1. The first-order chi connectivity index (χ1) is 13.2. The quantitative estimate of drug-likeness (QED) is 0.704. The Morgan fingerprint density at radius 3 is 2.26 bits per heavy atom. The minimum absolute atomic E-state index is 0.179. The average molecular weight is 363 g/mol. The first-order valence-corrected chi connectivity index (χ1v) is 8.57. The van der Waals surface area contributed by atoms with Gasteiger partial charge in [-0.15, -0.1) is 0 Å². The van der Waals surface area contributed by atoms with Gasteiger partial charge in [0.2, 0.25) is 0 Å². The summed E-state index contributed by atoms with van der Waals surface area (Å²) in [6, 6.07) is 9.39. The van der Waals surface area contributed by atoms with Crippen LogP contribution in [-0.4, -0.2) is 62.7 Å². The van der Waals surface area contributed by atoms with Crippen molar-refractivity contribution < 1.29 is 14.0 Å². The smallest absolute Gasteiger partial charge is 0.276 e. The second kappa shape index (κ2) is 7.36. The largest absolute Gasteiger partial charge is 0.443 e. The Morgan fingerprint density at radius 1 is 0.889 bits per heavy atom. The molecule has 0 bridgehead atoms. The van der Waals surface area contributed by atoms with E-state index in [0.29, 0.717) is 37.6 Å². The molecule has 27 heavy (non-hydrogen) atoms. The maximum absolute atomic E-state index is 12.9. The van der Waals surface area contributed by atoms with Crippen LogP contribution in [0.5, 0.6) is 0 Å². The number of oxazole rings is 1. The molecule has 0 unspecified atom stereocenters. The predicted molar refractivity (Wildman–Crippen MR) is 95.8 cm³/mol. The summed E-state index contributed by atoms with van der Waals surface area (Å²) in [7, 11) is 0. The Bertz CT molecular complexity index is 934. The molecule has 1 aliphatic heterocycles. The zero-order chi connectivity index (χ0) is 18.6. The molecule has 8 nitrogen and oxygen atoms in total. The lowest BCUT2D eigenvalue weighted by Crippen LogP contribution is -2.50. The van der Waals surface area contributed by atoms with Crippen molar-refractivity contribution in [2.24, 2.45) is 0 Å². The van der Waals surface area contributed by atoms with E-state index >= 15 is 0 Å². The van der Waals surface area contributed by atoms with Crippen molar-refractivity contribution in [1.29, 1.82) is 0 Å². The lowest BCUT2D eigenvalue weighted by Gasteiger charge is -2.34. The van der Waals surface area contributed by atoms with Crippen LogP contribution in [0.15, 0.2) is 59.7 Å². The lowest BCUT2D eigenvalue weighted by molar-refractivity contribution is 0.0529. The maximum atomic E-state index is 12.9. The fourth-order valence-electron chi connectivity index (χ4n) is 3.03. The van der Waals surface area contributed by atoms with Crippen LogP contribution >= 0.6 is 0 Å². The number of piperazine rings is 1. The lowest BCUT2D eigenvalue weighted by atomic mass is 10.1. The number of amides is 2. The van der Waals surface area contributed by atoms with Crippen LogP contribution in [0.25, 0.3) is 11.3 Å². The molecular weight excluding hydrogens is 346 g/mol. The van der Waals surface area contributed by atoms with Crippen molar-refractivity contribution in [3.05, 3.63) is 66.7 Å². The topological polar surface area (TPSA) is 92.4 Å². The Kier molecular flexibility index (Phi) is 4.61. The third-order valence-corrected chi connectivity index (χ3v) is 4.44. The molecule has 1 aromatic carbocycles. The normalized spacial score (nSPS) is 14.2. The van der Waals surface area contributed by atoms with Crippen LogP contribution in [0.4, 0.5) is 0 Å². The van der Waals surface area contributed by atoms with Gasteiger partial charge in [0.05, 0.1) is 6.20 Å². The zero-order valence-electron chi connectivity index (χ0n) is 14.5. The van der Waals surface area contributed by atoms with Crippen molar-refractivity contribution in [3.63, 3.8) is 0 Å². The summed E-state index contributed by atoms with van der Waals surface area (Å²) in [5.41, 5.74) is 1.39. The summed E-state index contributed by atoms with van der Waals surface area (Å²) in [5.74, 6) is 0.0782. The van der Waals surface area contributed by atoms with Crippen LogP contribution < -0.4 is 0 Å². The van der Waals surface area contributed by atoms with Crippen LogP contribution in [-0.2, 0) is 0 Å². The maximum Gasteiger partial charge on any atom is 0.276 e. The monoisotopic (exact) mass is 363 g/mol. The van der Waals surface area contributed by atoms with Gasteiger partial charge in [0.15, 0.2) is 17.8 Å². The van der Waals surface area contributed by atoms with Gasteiger partial charge < -0.3 is 14.2 Å². The minimum atomic E-state index is -0.200. The molecule has 3 heterocycles. The second-order valence-corrected chi connectivity index (χ2v) is 6.07. The molecule has 2 amide bonds. The number of hydrogen-bond donors (Lipinski definition) is 0. The number of nitrogens with zero attached hydrogens (tertiary/aromatic N) is 5. The zero-order valence-corrected chi connectivity index (χ0v) is 14.5. The Balaban J connectivity index is 1.44. The third kappa shape index (κ3) is 3.41. The summed E-state index contributed by atoms with van der Waals surface area (Å²) in [5, 5.41) is 0. The Labute approximate surface area is 155 Å². The summed E-state index contributed by atoms with van der Waals surface area (Å²) in [6.07, 6.45) is 5.74. The van der Waals surface area contributed by atoms with E-state index in [9.17, 15) is 9.59 Å². The summed E-state index contributed by atoms with van der Waals surface area (Å²) >= 11 is 0. The number of benzene rings is 1. The highest BCUT2D eigenvalue weighted by atomic mass is 16.3. The van der Waals surface area contributed by atoms with E-state index in [1.165, 1.54) is 25.0 Å². The molecule has 4 rings (SSSR count). The number of carbonyl (C=O) groups is 2. The van der Waals surface area contributed by atoms with Gasteiger partial charge in [0, 0.05) is 44.1 Å². The molecule has 1 fully saturated rings. The predicted octanol–water partition coefficient (Wildman–Crippen LogP) is 1.73. The molecule has 0 saturated carbocycles. The molecule has 3 aromatic rings. The molecule has 1 saturated heterocycles. The van der Waals surface area contributed by atoms with E-state index in [1.807, 2.05) is 30.3 Å². The van der Waals surface area contributed by atoms with E-state index in [1.54, 1.807) is 9.80 Å². The van der Waals surface area contributed by atoms with Crippen molar-refractivity contribution in [2.75, 3.05) is 26.2 Å². The van der Waals surface area contributed by atoms with E-state index in [4.69, 9.17) is 4.42 Å². The average Bonchev–Trinajstić information content (AvgIpc) is 3.24. The number of aromatic nitrogens is 3. The van der Waals surface area contributed by atoms with E-state index in [0.717, 1.165) is 5.56 Å². The molecule has 8 heteroatoms. The minimum Gasteiger partial charge on any atom is -0.443 e. The van der Waals surface area contributed by atoms with Gasteiger partial charge in [-0.2, -0.15) is 0 Å². The fourth-order valence-corrected chi connectivity index (χ4v) is 3.03. The van der Waals surface area contributed by atoms with Crippen molar-refractivity contribution in [1.82, 2.24) is 24.8 Å². The van der Waals surface area contributed by atoms with Crippen LogP contribution in [0.3, 0.4) is 0 Å². The van der Waals surface area contributed by atoms with Crippen molar-refractivity contribution in [2.45, 2.75) is 0 Å². The number of hydrogen-bond acceptors (Lipinski definition) is 6. The van der Waals surface area contributed by atoms with Gasteiger partial charge in [0.1, 0.15) is 5.69 Å². The third-order valence-electron chi connectivity index (χ3n) is 4.44. The molecular formula is C19H17N5O3. The highest BCUT2D eigenvalue weighted by Crippen LogP contribution is 2.24. The van der Waals surface area contributed by atoms with Crippen LogP contribution in [0, 0.1) is 0 Å². The van der Waals surface area contributed by atoms with Gasteiger partial charge in [-0.05, 0) is 0 Å². The summed E-state index contributed by atoms with van der Waals surface area (Å²) in [4.78, 5) is 40.7. The summed E-state index contributed by atoms with van der Waals surface area (Å²) < 4.78 is 5.44. The fraction of sp³-hybridized carbons (Fsp3) is 0.211. The number of carbonyl (C=O) groups excluding carboxylic acids is 2. The van der Waals surface area contributed by atoms with Gasteiger partial charge in [-0.3, -0.25) is 14.6 Å². The van der Waals surface area contributed by atoms with Crippen LogP contribution in [0.2, 0.25) is 0 Å². The first-order valence-electron chi connectivity index (χ1n) is 8.57. The van der Waals surface area contributed by atoms with Crippen molar-refractivity contribution >= 4 is 11.8 Å². The highest BCUT2D eigenvalue weighted by Gasteiger charge is 2.29. The summed E-state index contributed by atoms with van der Waals surface area (Å²) in [6.45, 7) is 1.71. The van der Waals surface area contributed by atoms with E-state index in [2.05, 4.69) is 15.0 Å². The number of rotatable bonds is 3. The van der Waals surface area contributed by atoms with E-state index < -0.39 is 0 Å². The molecule has 0 atom stereocenters. The van der Waals surface area contributed by atoms with Gasteiger partial charge in [0.25, 0.3) is 11.8 Å². The van der Waals surface area contributed by atoms with Gasteiger partial charge in [-0.1, -0.05) is 30.3 Å². The molecule has 0 aliphatic carbocycles. The second-order valence-electron chi connectivity index (χ2n) is 6.07. The first kappa shape index (κ1) is 16.9. The highest BCUT2D eigenvalue weighted by molar-refractivity contribution is 5.98. The molecule has 0 N–H and O–H groups in total. The van der Waals surface area contributed by atoms with Crippen LogP contribution in [0.1, 0.15) is 21.0 Å². The van der Waals surface area contributed by atoms with E-state index in [-0.39, 0.29) is 17.5 Å². The Hall–Kier alpha value is -3.55. The van der Waals surface area contributed by atoms with Crippen molar-refractivity contribution in [3.8, 4) is 11.3 Å². The molecule has 2 aromatic heterocycles. The molecule has 0 radical (unpaired) electrons.